The molecule has 0 bridgehead atoms. The summed E-state index contributed by atoms with van der Waals surface area (Å²) in [7, 11) is 3.71. The van der Waals surface area contributed by atoms with E-state index in [1.165, 1.54) is 23.1 Å². The maximum atomic E-state index is 13.3. The predicted octanol–water partition coefficient (Wildman–Crippen LogP) is 4.53. The van der Waals surface area contributed by atoms with Crippen molar-refractivity contribution in [3.63, 3.8) is 0 Å². The number of hydrogen-bond acceptors (Lipinski definition) is 3. The molecular weight excluding hydrogens is 317 g/mol. The van der Waals surface area contributed by atoms with Crippen molar-refractivity contribution in [3.05, 3.63) is 59.3 Å². The van der Waals surface area contributed by atoms with Gasteiger partial charge in [0, 0.05) is 43.7 Å². The third-order valence-corrected chi connectivity index (χ3v) is 4.87. The van der Waals surface area contributed by atoms with E-state index in [4.69, 9.17) is 4.74 Å². The molecule has 132 valence electrons. The molecule has 0 aliphatic carbocycles. The fourth-order valence-corrected chi connectivity index (χ4v) is 3.26. The number of anilines is 1. The Morgan fingerprint density at radius 3 is 2.60 bits per heavy atom. The highest BCUT2D eigenvalue weighted by atomic mass is 19.1. The third-order valence-electron chi connectivity index (χ3n) is 4.87. The minimum atomic E-state index is -0.235. The van der Waals surface area contributed by atoms with E-state index >= 15 is 0 Å². The number of nitrogens with one attached hydrogen (secondary N) is 1. The molecule has 2 aromatic heterocycles. The van der Waals surface area contributed by atoms with Crippen LogP contribution in [-0.4, -0.2) is 30.7 Å². The summed E-state index contributed by atoms with van der Waals surface area (Å²) in [5, 5.41) is 1.19. The molecule has 1 atom stereocenters. The topological polar surface area (TPSA) is 41.1 Å². The Morgan fingerprint density at radius 1 is 1.20 bits per heavy atom. The summed E-state index contributed by atoms with van der Waals surface area (Å²) in [6.45, 7) is 4.81. The summed E-state index contributed by atoms with van der Waals surface area (Å²) in [4.78, 5) is 10.3. The van der Waals surface area contributed by atoms with Crippen molar-refractivity contribution < 1.29 is 9.13 Å². The van der Waals surface area contributed by atoms with Crippen molar-refractivity contribution in [1.29, 1.82) is 0 Å². The lowest BCUT2D eigenvalue weighted by Gasteiger charge is -2.30. The molecule has 0 saturated carbocycles. The first-order valence-corrected chi connectivity index (χ1v) is 8.44. The Labute approximate surface area is 147 Å². The van der Waals surface area contributed by atoms with E-state index in [-0.39, 0.29) is 11.9 Å². The zero-order valence-electron chi connectivity index (χ0n) is 15.1. The molecule has 0 fully saturated rings. The van der Waals surface area contributed by atoms with Gasteiger partial charge in [0.2, 0.25) is 0 Å². The lowest BCUT2D eigenvalue weighted by Crippen LogP contribution is -2.26. The molecule has 3 rings (SSSR count). The van der Waals surface area contributed by atoms with Gasteiger partial charge in [-0.05, 0) is 56.2 Å². The summed E-state index contributed by atoms with van der Waals surface area (Å²) in [5.41, 5.74) is 5.39. The monoisotopic (exact) mass is 341 g/mol. The molecule has 5 heteroatoms. The molecule has 1 N–H and O–H groups in total. The third kappa shape index (κ3) is 3.37. The van der Waals surface area contributed by atoms with Crippen molar-refractivity contribution in [2.24, 2.45) is 0 Å². The van der Waals surface area contributed by atoms with Gasteiger partial charge in [-0.15, -0.1) is 0 Å². The van der Waals surface area contributed by atoms with Gasteiger partial charge in [0.15, 0.2) is 0 Å². The standard InChI is InChI=1S/C20H24FN3O/c1-13-14(2)23-19-17(13)9-11-22-20(19)18(10-12-25-4)24(3)16-7-5-15(21)6-8-16/h5-9,11,18,23H,10,12H2,1-4H3. The van der Waals surface area contributed by atoms with E-state index in [0.29, 0.717) is 6.61 Å². The number of aromatic amines is 1. The number of hydrogen-bond donors (Lipinski definition) is 1. The number of ether oxygens (including phenoxy) is 1. The summed E-state index contributed by atoms with van der Waals surface area (Å²) < 4.78 is 18.6. The van der Waals surface area contributed by atoms with Crippen molar-refractivity contribution in [2.45, 2.75) is 26.3 Å². The van der Waals surface area contributed by atoms with Gasteiger partial charge in [0.1, 0.15) is 5.82 Å². The summed E-state index contributed by atoms with van der Waals surface area (Å²) in [6, 6.07) is 8.61. The first-order valence-electron chi connectivity index (χ1n) is 8.44. The van der Waals surface area contributed by atoms with Crippen LogP contribution in [0.15, 0.2) is 36.5 Å². The molecule has 1 unspecified atom stereocenters. The fraction of sp³-hybridized carbons (Fsp3) is 0.350. The molecular formula is C20H24FN3O. The Kier molecular flexibility index (Phi) is 5.04. The second-order valence-corrected chi connectivity index (χ2v) is 6.38. The zero-order valence-corrected chi connectivity index (χ0v) is 15.1. The number of halogens is 1. The molecule has 0 spiro atoms. The van der Waals surface area contributed by atoms with Gasteiger partial charge < -0.3 is 14.6 Å². The maximum Gasteiger partial charge on any atom is 0.123 e. The van der Waals surface area contributed by atoms with Gasteiger partial charge in [0.25, 0.3) is 0 Å². The Hall–Kier alpha value is -2.40. The lowest BCUT2D eigenvalue weighted by atomic mass is 10.0. The van der Waals surface area contributed by atoms with Crippen molar-refractivity contribution in [1.82, 2.24) is 9.97 Å². The molecule has 25 heavy (non-hydrogen) atoms. The highest BCUT2D eigenvalue weighted by Crippen LogP contribution is 2.33. The Bertz CT molecular complexity index is 857. The summed E-state index contributed by atoms with van der Waals surface area (Å²) in [6.07, 6.45) is 2.64. The van der Waals surface area contributed by atoms with Gasteiger partial charge in [-0.3, -0.25) is 4.98 Å². The molecule has 2 heterocycles. The van der Waals surface area contributed by atoms with E-state index in [1.807, 2.05) is 19.3 Å². The van der Waals surface area contributed by atoms with Crippen molar-refractivity contribution in [3.8, 4) is 0 Å². The van der Waals surface area contributed by atoms with Crippen LogP contribution in [0.2, 0.25) is 0 Å². The normalized spacial score (nSPS) is 12.5. The van der Waals surface area contributed by atoms with Crippen LogP contribution in [-0.2, 0) is 4.74 Å². The predicted molar refractivity (Wildman–Crippen MR) is 99.6 cm³/mol. The molecule has 0 amide bonds. The maximum absolute atomic E-state index is 13.3. The SMILES string of the molecule is COCCC(c1nccc2c(C)c(C)[nH]c12)N(C)c1ccc(F)cc1. The van der Waals surface area contributed by atoms with E-state index in [1.54, 1.807) is 19.2 Å². The van der Waals surface area contributed by atoms with Crippen LogP contribution in [0.5, 0.6) is 0 Å². The molecule has 0 aliphatic heterocycles. The molecule has 0 saturated heterocycles. The number of aromatic nitrogens is 2. The Morgan fingerprint density at radius 2 is 1.92 bits per heavy atom. The van der Waals surface area contributed by atoms with Gasteiger partial charge in [-0.25, -0.2) is 4.39 Å². The number of aryl methyl sites for hydroxylation is 2. The first kappa shape index (κ1) is 17.4. The minimum absolute atomic E-state index is 0.0200. The van der Waals surface area contributed by atoms with Crippen molar-refractivity contribution in [2.75, 3.05) is 25.7 Å². The van der Waals surface area contributed by atoms with E-state index in [9.17, 15) is 4.39 Å². The molecule has 0 radical (unpaired) electrons. The number of H-pyrrole nitrogens is 1. The molecule has 4 nitrogen and oxygen atoms in total. The molecule has 0 aliphatic rings. The Balaban J connectivity index is 2.06. The first-order chi connectivity index (χ1) is 12.0. The number of fused-ring (bicyclic) bond motifs is 1. The average molecular weight is 341 g/mol. The van der Waals surface area contributed by atoms with Crippen molar-refractivity contribution >= 4 is 16.6 Å². The lowest BCUT2D eigenvalue weighted by molar-refractivity contribution is 0.187. The van der Waals surface area contributed by atoms with Crippen LogP contribution in [0.3, 0.4) is 0 Å². The number of methoxy groups -OCH3 is 1. The number of rotatable bonds is 6. The number of pyridine rings is 1. The van der Waals surface area contributed by atoms with Crippen LogP contribution in [0.25, 0.3) is 10.9 Å². The van der Waals surface area contributed by atoms with E-state index in [0.717, 1.165) is 29.0 Å². The average Bonchev–Trinajstić information content (AvgIpc) is 2.91. The minimum Gasteiger partial charge on any atom is -0.385 e. The van der Waals surface area contributed by atoms with E-state index in [2.05, 4.69) is 28.7 Å². The van der Waals surface area contributed by atoms with Crippen LogP contribution >= 0.6 is 0 Å². The molecule has 1 aromatic carbocycles. The van der Waals surface area contributed by atoms with Gasteiger partial charge >= 0.3 is 0 Å². The van der Waals surface area contributed by atoms with Gasteiger partial charge in [-0.2, -0.15) is 0 Å². The largest absolute Gasteiger partial charge is 0.385 e. The van der Waals surface area contributed by atoms with Crippen LogP contribution in [0.4, 0.5) is 10.1 Å². The summed E-state index contributed by atoms with van der Waals surface area (Å²) in [5.74, 6) is -0.235. The quantitative estimate of drug-likeness (QED) is 0.716. The van der Waals surface area contributed by atoms with Crippen LogP contribution < -0.4 is 4.90 Å². The highest BCUT2D eigenvalue weighted by molar-refractivity contribution is 5.86. The van der Waals surface area contributed by atoms with E-state index < -0.39 is 0 Å². The second kappa shape index (κ2) is 7.23. The second-order valence-electron chi connectivity index (χ2n) is 6.38. The zero-order chi connectivity index (χ0) is 18.0. The smallest absolute Gasteiger partial charge is 0.123 e. The fourth-order valence-electron chi connectivity index (χ4n) is 3.26. The molecule has 3 aromatic rings. The number of benzene rings is 1. The van der Waals surface area contributed by atoms with Gasteiger partial charge in [0.05, 0.1) is 17.3 Å². The highest BCUT2D eigenvalue weighted by Gasteiger charge is 2.23. The van der Waals surface area contributed by atoms with Crippen LogP contribution in [0, 0.1) is 19.7 Å². The van der Waals surface area contributed by atoms with Gasteiger partial charge in [-0.1, -0.05) is 0 Å². The van der Waals surface area contributed by atoms with Crippen LogP contribution in [0.1, 0.15) is 29.4 Å². The summed E-state index contributed by atoms with van der Waals surface area (Å²) >= 11 is 0. The number of nitrogens with zero attached hydrogens (tertiary/aromatic N) is 2.